The van der Waals surface area contributed by atoms with Gasteiger partial charge in [-0.15, -0.1) is 0 Å². The number of esters is 1. The van der Waals surface area contributed by atoms with Gasteiger partial charge in [0.25, 0.3) is 0 Å². The van der Waals surface area contributed by atoms with Crippen molar-refractivity contribution in [3.8, 4) is 11.3 Å². The Morgan fingerprint density at radius 2 is 1.54 bits per heavy atom. The molecule has 1 heterocycles. The third kappa shape index (κ3) is 2.19. The molecule has 0 unspecified atom stereocenters. The molecule has 0 aliphatic heterocycles. The summed E-state index contributed by atoms with van der Waals surface area (Å²) in [5.41, 5.74) is 0.495. The lowest BCUT2D eigenvalue weighted by Gasteiger charge is -2.13. The van der Waals surface area contributed by atoms with E-state index in [-0.39, 0.29) is 33.8 Å². The Morgan fingerprint density at radius 1 is 0.923 bits per heavy atom. The van der Waals surface area contributed by atoms with Gasteiger partial charge in [0.2, 0.25) is 5.78 Å². The molecule has 5 nitrogen and oxygen atoms in total. The van der Waals surface area contributed by atoms with E-state index in [1.54, 1.807) is 12.1 Å². The summed E-state index contributed by atoms with van der Waals surface area (Å²) in [6.45, 7) is 0. The molecular weight excluding hydrogens is 339 g/mol. The summed E-state index contributed by atoms with van der Waals surface area (Å²) in [5, 5.41) is 0. The summed E-state index contributed by atoms with van der Waals surface area (Å²) < 4.78 is 23.6. The molecule has 1 aromatic heterocycles. The molecule has 0 N–H and O–H groups in total. The number of hydrogen-bond acceptors (Lipinski definition) is 5. The van der Waals surface area contributed by atoms with Gasteiger partial charge in [-0.25, -0.2) is 9.18 Å². The van der Waals surface area contributed by atoms with Crippen LogP contribution < -0.4 is 0 Å². The third-order valence-corrected chi connectivity index (χ3v) is 4.25. The molecule has 1 aliphatic rings. The lowest BCUT2D eigenvalue weighted by Crippen LogP contribution is -2.21. The van der Waals surface area contributed by atoms with E-state index in [1.807, 2.05) is 0 Å². The van der Waals surface area contributed by atoms with Crippen LogP contribution in [0.3, 0.4) is 0 Å². The van der Waals surface area contributed by atoms with Gasteiger partial charge in [0.1, 0.15) is 17.1 Å². The number of halogens is 1. The van der Waals surface area contributed by atoms with Crippen molar-refractivity contribution in [2.45, 2.75) is 0 Å². The van der Waals surface area contributed by atoms with Crippen molar-refractivity contribution < 1.29 is 27.9 Å². The van der Waals surface area contributed by atoms with Crippen LogP contribution in [-0.4, -0.2) is 24.6 Å². The highest BCUT2D eigenvalue weighted by molar-refractivity contribution is 6.30. The molecular formula is C20H11FO5. The lowest BCUT2D eigenvalue weighted by atomic mass is 9.86. The summed E-state index contributed by atoms with van der Waals surface area (Å²) in [7, 11) is 1.17. The first kappa shape index (κ1) is 16.0. The van der Waals surface area contributed by atoms with Crippen molar-refractivity contribution in [1.29, 1.82) is 0 Å². The highest BCUT2D eigenvalue weighted by Crippen LogP contribution is 2.38. The number of methoxy groups -OCH3 is 1. The summed E-state index contributed by atoms with van der Waals surface area (Å²) in [6.07, 6.45) is 0. The lowest BCUT2D eigenvalue weighted by molar-refractivity contribution is 0.0598. The minimum absolute atomic E-state index is 0.00337. The van der Waals surface area contributed by atoms with Crippen molar-refractivity contribution >= 4 is 17.5 Å². The monoisotopic (exact) mass is 350 g/mol. The van der Waals surface area contributed by atoms with E-state index in [9.17, 15) is 18.8 Å². The van der Waals surface area contributed by atoms with Crippen LogP contribution in [0, 0.1) is 5.82 Å². The summed E-state index contributed by atoms with van der Waals surface area (Å²) >= 11 is 0. The van der Waals surface area contributed by atoms with E-state index in [4.69, 9.17) is 9.15 Å². The molecule has 6 heteroatoms. The molecule has 0 atom stereocenters. The highest BCUT2D eigenvalue weighted by atomic mass is 19.1. The van der Waals surface area contributed by atoms with Crippen LogP contribution in [-0.2, 0) is 4.74 Å². The van der Waals surface area contributed by atoms with Gasteiger partial charge >= 0.3 is 5.97 Å². The Balaban J connectivity index is 2.02. The molecule has 1 aliphatic carbocycles. The van der Waals surface area contributed by atoms with Crippen LogP contribution in [0.1, 0.15) is 42.4 Å². The Morgan fingerprint density at radius 3 is 2.15 bits per heavy atom. The van der Waals surface area contributed by atoms with Crippen LogP contribution in [0.15, 0.2) is 52.9 Å². The van der Waals surface area contributed by atoms with Crippen molar-refractivity contribution in [2.75, 3.05) is 7.11 Å². The first-order chi connectivity index (χ1) is 12.5. The number of rotatable bonds is 2. The van der Waals surface area contributed by atoms with E-state index >= 15 is 0 Å². The number of hydrogen-bond donors (Lipinski definition) is 0. The van der Waals surface area contributed by atoms with Crippen LogP contribution in [0.25, 0.3) is 11.3 Å². The molecule has 0 saturated carbocycles. The molecule has 0 bridgehead atoms. The fourth-order valence-electron chi connectivity index (χ4n) is 3.05. The topological polar surface area (TPSA) is 73.6 Å². The van der Waals surface area contributed by atoms with Gasteiger partial charge in [0.05, 0.1) is 12.7 Å². The smallest absolute Gasteiger partial charge is 0.342 e. The van der Waals surface area contributed by atoms with Crippen molar-refractivity contribution in [3.63, 3.8) is 0 Å². The molecule has 3 aromatic rings. The highest BCUT2D eigenvalue weighted by Gasteiger charge is 2.39. The van der Waals surface area contributed by atoms with Crippen LogP contribution in [0.2, 0.25) is 0 Å². The second kappa shape index (κ2) is 5.77. The van der Waals surface area contributed by atoms with Gasteiger partial charge in [-0.05, 0) is 24.3 Å². The Bertz CT molecular complexity index is 1080. The number of ether oxygens (including phenoxy) is 1. The average molecular weight is 350 g/mol. The average Bonchev–Trinajstić information content (AvgIpc) is 3.07. The van der Waals surface area contributed by atoms with E-state index in [0.717, 1.165) is 0 Å². The second-order valence-electron chi connectivity index (χ2n) is 5.71. The normalized spacial score (nSPS) is 12.5. The summed E-state index contributed by atoms with van der Waals surface area (Å²) in [6, 6.07) is 11.5. The summed E-state index contributed by atoms with van der Waals surface area (Å²) in [5.74, 6) is -2.48. The second-order valence-corrected chi connectivity index (χ2v) is 5.71. The standard InChI is InChI=1S/C20H11FO5/c1-25-20(24)15-14-16(22)12-4-2-3-5-13(12)17(23)19(14)26-18(15)10-6-8-11(21)9-7-10/h2-9H,1H3. The zero-order valence-electron chi connectivity index (χ0n) is 13.5. The number of carbonyl (C=O) groups excluding carboxylic acids is 3. The Kier molecular flexibility index (Phi) is 3.54. The number of fused-ring (bicyclic) bond motifs is 2. The van der Waals surface area contributed by atoms with Crippen molar-refractivity contribution in [1.82, 2.24) is 0 Å². The zero-order chi connectivity index (χ0) is 18.4. The minimum Gasteiger partial charge on any atom is -0.465 e. The predicted octanol–water partition coefficient (Wildman–Crippen LogP) is 3.65. The largest absolute Gasteiger partial charge is 0.465 e. The first-order valence-electron chi connectivity index (χ1n) is 7.72. The quantitative estimate of drug-likeness (QED) is 0.516. The molecule has 2 aromatic carbocycles. The maximum atomic E-state index is 13.2. The van der Waals surface area contributed by atoms with E-state index in [2.05, 4.69) is 0 Å². The van der Waals surface area contributed by atoms with Gasteiger partial charge in [0.15, 0.2) is 11.5 Å². The molecule has 0 amide bonds. The van der Waals surface area contributed by atoms with E-state index < -0.39 is 23.4 Å². The minimum atomic E-state index is -0.810. The molecule has 26 heavy (non-hydrogen) atoms. The molecule has 0 fully saturated rings. The van der Waals surface area contributed by atoms with Gasteiger partial charge in [0, 0.05) is 16.7 Å². The molecule has 0 radical (unpaired) electrons. The zero-order valence-corrected chi connectivity index (χ0v) is 13.5. The van der Waals surface area contributed by atoms with Crippen LogP contribution in [0.4, 0.5) is 4.39 Å². The molecule has 0 spiro atoms. The van der Waals surface area contributed by atoms with E-state index in [1.165, 1.54) is 43.5 Å². The van der Waals surface area contributed by atoms with Gasteiger partial charge in [-0.3, -0.25) is 9.59 Å². The van der Waals surface area contributed by atoms with Crippen LogP contribution >= 0.6 is 0 Å². The molecule has 0 saturated heterocycles. The number of carbonyl (C=O) groups is 3. The van der Waals surface area contributed by atoms with Gasteiger partial charge < -0.3 is 9.15 Å². The molecule has 128 valence electrons. The number of ketones is 2. The summed E-state index contributed by atoms with van der Waals surface area (Å²) in [4.78, 5) is 38.0. The third-order valence-electron chi connectivity index (χ3n) is 4.25. The maximum Gasteiger partial charge on any atom is 0.342 e. The maximum absolute atomic E-state index is 13.2. The van der Waals surface area contributed by atoms with Crippen LogP contribution in [0.5, 0.6) is 0 Å². The van der Waals surface area contributed by atoms with E-state index in [0.29, 0.717) is 5.56 Å². The first-order valence-corrected chi connectivity index (χ1v) is 7.72. The Labute approximate surface area is 147 Å². The molecule has 4 rings (SSSR count). The Hall–Kier alpha value is -3.54. The number of benzene rings is 2. The fourth-order valence-corrected chi connectivity index (χ4v) is 3.05. The SMILES string of the molecule is COC(=O)c1c(-c2ccc(F)cc2)oc2c1C(=O)c1ccccc1C2=O. The predicted molar refractivity (Wildman–Crippen MR) is 88.7 cm³/mol. The van der Waals surface area contributed by atoms with Crippen molar-refractivity contribution in [3.05, 3.63) is 82.4 Å². The van der Waals surface area contributed by atoms with Gasteiger partial charge in [-0.2, -0.15) is 0 Å². The fraction of sp³-hybridized carbons (Fsp3) is 0.0500. The van der Waals surface area contributed by atoms with Crippen molar-refractivity contribution in [2.24, 2.45) is 0 Å². The number of furan rings is 1. The van der Waals surface area contributed by atoms with Gasteiger partial charge in [-0.1, -0.05) is 24.3 Å².